The van der Waals surface area contributed by atoms with E-state index in [1.165, 1.54) is 32.4 Å². The highest BCUT2D eigenvalue weighted by atomic mass is 16.1. The minimum absolute atomic E-state index is 0.478. The van der Waals surface area contributed by atoms with Crippen molar-refractivity contribution < 1.29 is 4.79 Å². The lowest BCUT2D eigenvalue weighted by molar-refractivity contribution is -0.119. The van der Waals surface area contributed by atoms with E-state index in [-0.39, 0.29) is 0 Å². The Morgan fingerprint density at radius 2 is 1.88 bits per heavy atom. The third-order valence-corrected chi connectivity index (χ3v) is 3.91. The van der Waals surface area contributed by atoms with E-state index in [4.69, 9.17) is 0 Å². The van der Waals surface area contributed by atoms with Gasteiger partial charge in [0.25, 0.3) is 0 Å². The number of carbonyl (C=O) groups is 1. The van der Waals surface area contributed by atoms with Crippen LogP contribution in [0.5, 0.6) is 0 Å². The molecule has 0 bridgehead atoms. The molecule has 17 heavy (non-hydrogen) atoms. The van der Waals surface area contributed by atoms with Gasteiger partial charge >= 0.3 is 0 Å². The van der Waals surface area contributed by atoms with E-state index in [9.17, 15) is 4.79 Å². The van der Waals surface area contributed by atoms with Gasteiger partial charge in [-0.25, -0.2) is 0 Å². The zero-order valence-electron chi connectivity index (χ0n) is 11.9. The predicted molar refractivity (Wildman–Crippen MR) is 73.2 cm³/mol. The minimum Gasteiger partial charge on any atom is -0.306 e. The normalized spacial score (nSPS) is 18.8. The Bertz CT molecular complexity index is 217. The summed E-state index contributed by atoms with van der Waals surface area (Å²) in [5.74, 6) is 2.02. The van der Waals surface area contributed by atoms with Gasteiger partial charge in [-0.15, -0.1) is 0 Å². The molecular weight excluding hydrogens is 210 g/mol. The van der Waals surface area contributed by atoms with Gasteiger partial charge in [-0.05, 0) is 64.1 Å². The summed E-state index contributed by atoms with van der Waals surface area (Å²) in [6.45, 7) is 6.86. The Morgan fingerprint density at radius 3 is 2.47 bits per heavy atom. The summed E-state index contributed by atoms with van der Waals surface area (Å²) >= 11 is 0. The first-order chi connectivity index (χ1) is 8.08. The van der Waals surface area contributed by atoms with Gasteiger partial charge in [-0.3, -0.25) is 4.79 Å². The Hall–Kier alpha value is -0.370. The average molecular weight is 239 g/mol. The van der Waals surface area contributed by atoms with Crippen molar-refractivity contribution in [3.8, 4) is 0 Å². The lowest BCUT2D eigenvalue weighted by Crippen LogP contribution is -2.30. The summed E-state index contributed by atoms with van der Waals surface area (Å²) < 4.78 is 0. The maximum absolute atomic E-state index is 11.6. The van der Waals surface area contributed by atoms with Gasteiger partial charge in [0.15, 0.2) is 0 Å². The zero-order chi connectivity index (χ0) is 12.7. The standard InChI is InChI=1S/C15H29NO/c1-13(2)7-8-15(17)6-4-5-14-9-11-16(3)12-10-14/h13-14H,4-12H2,1-3H3. The topological polar surface area (TPSA) is 20.3 Å². The largest absolute Gasteiger partial charge is 0.306 e. The van der Waals surface area contributed by atoms with E-state index < -0.39 is 0 Å². The van der Waals surface area contributed by atoms with Crippen LogP contribution in [0.25, 0.3) is 0 Å². The molecule has 1 saturated heterocycles. The number of ketones is 1. The minimum atomic E-state index is 0.478. The second-order valence-corrected chi connectivity index (χ2v) is 6.11. The molecule has 0 radical (unpaired) electrons. The van der Waals surface area contributed by atoms with E-state index in [2.05, 4.69) is 25.8 Å². The Balaban J connectivity index is 2.01. The highest BCUT2D eigenvalue weighted by Crippen LogP contribution is 2.22. The van der Waals surface area contributed by atoms with Crippen LogP contribution in [0.1, 0.15) is 58.8 Å². The van der Waals surface area contributed by atoms with E-state index in [0.29, 0.717) is 11.7 Å². The summed E-state index contributed by atoms with van der Waals surface area (Å²) in [6.07, 6.45) is 7.72. The van der Waals surface area contributed by atoms with Crippen LogP contribution in [0.15, 0.2) is 0 Å². The third kappa shape index (κ3) is 6.82. The maximum Gasteiger partial charge on any atom is 0.132 e. The van der Waals surface area contributed by atoms with Crippen LogP contribution in [-0.4, -0.2) is 30.8 Å². The molecule has 1 fully saturated rings. The van der Waals surface area contributed by atoms with E-state index in [1.807, 2.05) is 0 Å². The summed E-state index contributed by atoms with van der Waals surface area (Å²) in [5, 5.41) is 0. The highest BCUT2D eigenvalue weighted by Gasteiger charge is 2.16. The number of piperidine rings is 1. The maximum atomic E-state index is 11.6. The number of hydrogen-bond acceptors (Lipinski definition) is 2. The molecule has 0 aromatic heterocycles. The molecule has 2 heteroatoms. The van der Waals surface area contributed by atoms with Crippen molar-refractivity contribution in [2.75, 3.05) is 20.1 Å². The van der Waals surface area contributed by atoms with Crippen molar-refractivity contribution in [2.45, 2.75) is 58.8 Å². The summed E-state index contributed by atoms with van der Waals surface area (Å²) in [6, 6.07) is 0. The predicted octanol–water partition coefficient (Wildman–Crippen LogP) is 3.50. The third-order valence-electron chi connectivity index (χ3n) is 3.91. The fourth-order valence-corrected chi connectivity index (χ4v) is 2.51. The van der Waals surface area contributed by atoms with Crippen LogP contribution in [0.3, 0.4) is 0 Å². The van der Waals surface area contributed by atoms with E-state index >= 15 is 0 Å². The van der Waals surface area contributed by atoms with Gasteiger partial charge in [-0.2, -0.15) is 0 Å². The Labute approximate surface area is 107 Å². The second-order valence-electron chi connectivity index (χ2n) is 6.11. The fraction of sp³-hybridized carbons (Fsp3) is 0.933. The molecule has 0 amide bonds. The number of likely N-dealkylation sites (tertiary alicyclic amines) is 1. The molecule has 100 valence electrons. The van der Waals surface area contributed by atoms with Crippen LogP contribution in [0.2, 0.25) is 0 Å². The first-order valence-electron chi connectivity index (χ1n) is 7.28. The number of nitrogens with zero attached hydrogens (tertiary/aromatic N) is 1. The van der Waals surface area contributed by atoms with Gasteiger partial charge in [-0.1, -0.05) is 13.8 Å². The second kappa shape index (κ2) is 7.86. The SMILES string of the molecule is CC(C)CCC(=O)CCCC1CCN(C)CC1. The number of Topliss-reactive ketones (excluding diaryl/α,β-unsaturated/α-hetero) is 1. The Kier molecular flexibility index (Phi) is 6.79. The molecule has 0 unspecified atom stereocenters. The number of rotatable bonds is 7. The lowest BCUT2D eigenvalue weighted by atomic mass is 9.91. The molecule has 0 saturated carbocycles. The quantitative estimate of drug-likeness (QED) is 0.677. The lowest BCUT2D eigenvalue weighted by Gasteiger charge is -2.28. The van der Waals surface area contributed by atoms with Crippen LogP contribution < -0.4 is 0 Å². The van der Waals surface area contributed by atoms with Crippen LogP contribution in [-0.2, 0) is 4.79 Å². The number of carbonyl (C=O) groups excluding carboxylic acids is 1. The molecule has 0 aliphatic carbocycles. The summed E-state index contributed by atoms with van der Waals surface area (Å²) in [4.78, 5) is 14.0. The Morgan fingerprint density at radius 1 is 1.24 bits per heavy atom. The molecule has 1 rings (SSSR count). The van der Waals surface area contributed by atoms with Gasteiger partial charge < -0.3 is 4.90 Å². The monoisotopic (exact) mass is 239 g/mol. The van der Waals surface area contributed by atoms with Gasteiger partial charge in [0, 0.05) is 12.8 Å². The molecule has 2 nitrogen and oxygen atoms in total. The molecule has 0 spiro atoms. The molecule has 1 heterocycles. The van der Waals surface area contributed by atoms with Crippen molar-refractivity contribution in [2.24, 2.45) is 11.8 Å². The van der Waals surface area contributed by atoms with Crippen LogP contribution in [0.4, 0.5) is 0 Å². The molecule has 0 N–H and O–H groups in total. The summed E-state index contributed by atoms with van der Waals surface area (Å²) in [5.41, 5.74) is 0. The number of hydrogen-bond donors (Lipinski definition) is 0. The summed E-state index contributed by atoms with van der Waals surface area (Å²) in [7, 11) is 2.20. The van der Waals surface area contributed by atoms with E-state index in [1.54, 1.807) is 0 Å². The highest BCUT2D eigenvalue weighted by molar-refractivity contribution is 5.78. The van der Waals surface area contributed by atoms with Gasteiger partial charge in [0.2, 0.25) is 0 Å². The van der Waals surface area contributed by atoms with Crippen LogP contribution >= 0.6 is 0 Å². The van der Waals surface area contributed by atoms with Crippen molar-refractivity contribution in [1.29, 1.82) is 0 Å². The molecule has 0 atom stereocenters. The van der Waals surface area contributed by atoms with Gasteiger partial charge in [0.05, 0.1) is 0 Å². The van der Waals surface area contributed by atoms with Gasteiger partial charge in [0.1, 0.15) is 5.78 Å². The molecule has 0 aromatic carbocycles. The van der Waals surface area contributed by atoms with E-state index in [0.717, 1.165) is 31.6 Å². The van der Waals surface area contributed by atoms with Crippen molar-refractivity contribution >= 4 is 5.78 Å². The molecule has 1 aliphatic heterocycles. The molecule has 1 aliphatic rings. The van der Waals surface area contributed by atoms with Crippen LogP contribution in [0, 0.1) is 11.8 Å². The fourth-order valence-electron chi connectivity index (χ4n) is 2.51. The first-order valence-corrected chi connectivity index (χ1v) is 7.28. The first kappa shape index (κ1) is 14.7. The smallest absolute Gasteiger partial charge is 0.132 e. The average Bonchev–Trinajstić information content (AvgIpc) is 2.29. The zero-order valence-corrected chi connectivity index (χ0v) is 11.9. The van der Waals surface area contributed by atoms with Crippen molar-refractivity contribution in [1.82, 2.24) is 4.90 Å². The molecule has 0 aromatic rings. The van der Waals surface area contributed by atoms with Crippen molar-refractivity contribution in [3.63, 3.8) is 0 Å². The molecular formula is C15H29NO. The van der Waals surface area contributed by atoms with Crippen molar-refractivity contribution in [3.05, 3.63) is 0 Å².